The van der Waals surface area contributed by atoms with Crippen LogP contribution in [0.5, 0.6) is 0 Å². The smallest absolute Gasteiger partial charge is 0.221 e. The van der Waals surface area contributed by atoms with E-state index in [1.54, 1.807) is 0 Å². The van der Waals surface area contributed by atoms with Gasteiger partial charge < -0.3 is 11.5 Å². The molecule has 1 aromatic rings. The van der Waals surface area contributed by atoms with Crippen LogP contribution in [0.1, 0.15) is 18.4 Å². The molecule has 1 saturated heterocycles. The number of nitrogens with two attached hydrogens (primary N) is 2. The molecule has 2 rings (SSSR count). The zero-order chi connectivity index (χ0) is 14.0. The Kier molecular flexibility index (Phi) is 4.86. The Hall–Kier alpha value is -0.590. The van der Waals surface area contributed by atoms with Crippen LogP contribution in [0.15, 0.2) is 21.1 Å². The van der Waals surface area contributed by atoms with Crippen molar-refractivity contribution in [2.45, 2.75) is 19.4 Å². The second-order valence-corrected chi connectivity index (χ2v) is 6.71. The topological polar surface area (TPSA) is 72.4 Å². The van der Waals surface area contributed by atoms with Crippen LogP contribution in [-0.4, -0.2) is 23.9 Å². The van der Waals surface area contributed by atoms with Crippen LogP contribution >= 0.6 is 31.9 Å². The number of amides is 1. The summed E-state index contributed by atoms with van der Waals surface area (Å²) in [6.07, 6.45) is 1.90. The van der Waals surface area contributed by atoms with Gasteiger partial charge in [0, 0.05) is 22.0 Å². The van der Waals surface area contributed by atoms with Gasteiger partial charge in [0.2, 0.25) is 5.91 Å². The molecule has 1 atom stereocenters. The lowest BCUT2D eigenvalue weighted by Gasteiger charge is -2.31. The number of primary amides is 1. The molecule has 1 aromatic carbocycles. The summed E-state index contributed by atoms with van der Waals surface area (Å²) in [4.78, 5) is 13.5. The number of carbonyl (C=O) groups is 1. The van der Waals surface area contributed by atoms with E-state index in [-0.39, 0.29) is 11.8 Å². The quantitative estimate of drug-likeness (QED) is 0.778. The first kappa shape index (κ1) is 14.8. The fourth-order valence-electron chi connectivity index (χ4n) is 2.44. The first-order chi connectivity index (χ1) is 8.97. The van der Waals surface area contributed by atoms with E-state index >= 15 is 0 Å². The molecule has 0 radical (unpaired) electrons. The molecule has 4 nitrogen and oxygen atoms in total. The Bertz CT molecular complexity index is 493. The van der Waals surface area contributed by atoms with E-state index in [9.17, 15) is 4.79 Å². The standard InChI is InChI=1S/C13H17Br2N3O/c14-10-4-9(12(16)11(15)5-10)7-18-3-1-2-8(6-18)13(17)19/h4-5,8H,1-3,6-7,16H2,(H2,17,19). The molecule has 1 amide bonds. The maximum Gasteiger partial charge on any atom is 0.221 e. The Morgan fingerprint density at radius 3 is 2.84 bits per heavy atom. The molecule has 6 heteroatoms. The number of hydrogen-bond acceptors (Lipinski definition) is 3. The van der Waals surface area contributed by atoms with Crippen molar-refractivity contribution in [1.82, 2.24) is 4.90 Å². The van der Waals surface area contributed by atoms with Crippen LogP contribution in [0, 0.1) is 5.92 Å². The molecule has 4 N–H and O–H groups in total. The molecule has 104 valence electrons. The maximum absolute atomic E-state index is 11.3. The second-order valence-electron chi connectivity index (χ2n) is 4.94. The fourth-order valence-corrected chi connectivity index (χ4v) is 3.75. The van der Waals surface area contributed by atoms with Gasteiger partial charge in [-0.1, -0.05) is 15.9 Å². The molecule has 0 bridgehead atoms. The number of piperidine rings is 1. The van der Waals surface area contributed by atoms with Crippen LogP contribution in [0.2, 0.25) is 0 Å². The van der Waals surface area contributed by atoms with Gasteiger partial charge in [-0.15, -0.1) is 0 Å². The Morgan fingerprint density at radius 2 is 2.16 bits per heavy atom. The SMILES string of the molecule is NC(=O)C1CCCN(Cc2cc(Br)cc(Br)c2N)C1. The highest BCUT2D eigenvalue weighted by atomic mass is 79.9. The highest BCUT2D eigenvalue weighted by molar-refractivity contribution is 9.11. The van der Waals surface area contributed by atoms with Gasteiger partial charge in [-0.2, -0.15) is 0 Å². The summed E-state index contributed by atoms with van der Waals surface area (Å²) in [5, 5.41) is 0. The van der Waals surface area contributed by atoms with Crippen molar-refractivity contribution in [3.05, 3.63) is 26.6 Å². The van der Waals surface area contributed by atoms with Gasteiger partial charge in [0.15, 0.2) is 0 Å². The zero-order valence-electron chi connectivity index (χ0n) is 10.5. The second kappa shape index (κ2) is 6.24. The van der Waals surface area contributed by atoms with Gasteiger partial charge in [0.1, 0.15) is 0 Å². The number of halogens is 2. The molecular formula is C13H17Br2N3O. The van der Waals surface area contributed by atoms with E-state index in [4.69, 9.17) is 11.5 Å². The minimum absolute atomic E-state index is 0.0365. The molecule has 1 aliphatic rings. The Labute approximate surface area is 129 Å². The fraction of sp³-hybridized carbons (Fsp3) is 0.462. The van der Waals surface area contributed by atoms with Crippen molar-refractivity contribution in [2.75, 3.05) is 18.8 Å². The third-order valence-corrected chi connectivity index (χ3v) is 4.60. The summed E-state index contributed by atoms with van der Waals surface area (Å²) < 4.78 is 1.88. The molecule has 1 fully saturated rings. The molecule has 1 aliphatic heterocycles. The lowest BCUT2D eigenvalue weighted by molar-refractivity contribution is -0.123. The number of anilines is 1. The molecule has 19 heavy (non-hydrogen) atoms. The average Bonchev–Trinajstić information content (AvgIpc) is 2.35. The van der Waals surface area contributed by atoms with E-state index in [2.05, 4.69) is 36.8 Å². The van der Waals surface area contributed by atoms with Crippen molar-refractivity contribution in [3.8, 4) is 0 Å². The van der Waals surface area contributed by atoms with Gasteiger partial charge in [-0.25, -0.2) is 0 Å². The van der Waals surface area contributed by atoms with Gasteiger partial charge in [-0.3, -0.25) is 9.69 Å². The van der Waals surface area contributed by atoms with E-state index in [1.807, 2.05) is 12.1 Å². The van der Waals surface area contributed by atoms with Crippen molar-refractivity contribution in [3.63, 3.8) is 0 Å². The maximum atomic E-state index is 11.3. The lowest BCUT2D eigenvalue weighted by Crippen LogP contribution is -2.40. The number of likely N-dealkylation sites (tertiary alicyclic amines) is 1. The van der Waals surface area contributed by atoms with Crippen LogP contribution < -0.4 is 11.5 Å². The molecule has 0 saturated carbocycles. The number of rotatable bonds is 3. The minimum atomic E-state index is -0.201. The monoisotopic (exact) mass is 389 g/mol. The zero-order valence-corrected chi connectivity index (χ0v) is 13.7. The largest absolute Gasteiger partial charge is 0.398 e. The number of benzene rings is 1. The number of nitrogen functional groups attached to an aromatic ring is 1. The van der Waals surface area contributed by atoms with Crippen LogP contribution in [0.4, 0.5) is 5.69 Å². The highest BCUT2D eigenvalue weighted by Gasteiger charge is 2.24. The van der Waals surface area contributed by atoms with E-state index < -0.39 is 0 Å². The average molecular weight is 391 g/mol. The van der Waals surface area contributed by atoms with Crippen LogP contribution in [0.25, 0.3) is 0 Å². The number of nitrogens with zero attached hydrogens (tertiary/aromatic N) is 1. The number of hydrogen-bond donors (Lipinski definition) is 2. The predicted octanol–water partition coefficient (Wildman–Crippen LogP) is 2.49. The molecule has 0 spiro atoms. The number of carbonyl (C=O) groups excluding carboxylic acids is 1. The third-order valence-electron chi connectivity index (χ3n) is 3.48. The summed E-state index contributed by atoms with van der Waals surface area (Å²) in [5.41, 5.74) is 13.3. The summed E-state index contributed by atoms with van der Waals surface area (Å²) in [7, 11) is 0. The van der Waals surface area contributed by atoms with Crippen LogP contribution in [0.3, 0.4) is 0 Å². The summed E-state index contributed by atoms with van der Waals surface area (Å²) >= 11 is 6.92. The molecule has 1 unspecified atom stereocenters. The van der Waals surface area contributed by atoms with Gasteiger partial charge in [0.05, 0.1) is 11.6 Å². The summed E-state index contributed by atoms with van der Waals surface area (Å²) in [6.45, 7) is 2.44. The van der Waals surface area contributed by atoms with Crippen molar-refractivity contribution >= 4 is 43.5 Å². The normalized spacial score (nSPS) is 20.4. The molecule has 0 aliphatic carbocycles. The first-order valence-electron chi connectivity index (χ1n) is 6.22. The molecule has 0 aromatic heterocycles. The van der Waals surface area contributed by atoms with E-state index in [0.717, 1.165) is 52.7 Å². The third kappa shape index (κ3) is 3.70. The van der Waals surface area contributed by atoms with Gasteiger partial charge in [0.25, 0.3) is 0 Å². The first-order valence-corrected chi connectivity index (χ1v) is 7.81. The summed E-state index contributed by atoms with van der Waals surface area (Å²) in [6, 6.07) is 3.95. The van der Waals surface area contributed by atoms with Gasteiger partial charge >= 0.3 is 0 Å². The lowest BCUT2D eigenvalue weighted by atomic mass is 9.97. The van der Waals surface area contributed by atoms with E-state index in [1.165, 1.54) is 0 Å². The molecular weight excluding hydrogens is 374 g/mol. The minimum Gasteiger partial charge on any atom is -0.398 e. The van der Waals surface area contributed by atoms with Crippen molar-refractivity contribution < 1.29 is 4.79 Å². The Balaban J connectivity index is 2.11. The Morgan fingerprint density at radius 1 is 1.42 bits per heavy atom. The van der Waals surface area contributed by atoms with E-state index in [0.29, 0.717) is 0 Å². The van der Waals surface area contributed by atoms with Gasteiger partial charge in [-0.05, 0) is 53.0 Å². The highest BCUT2D eigenvalue weighted by Crippen LogP contribution is 2.30. The van der Waals surface area contributed by atoms with Crippen molar-refractivity contribution in [1.29, 1.82) is 0 Å². The molecule has 1 heterocycles. The van der Waals surface area contributed by atoms with Crippen molar-refractivity contribution in [2.24, 2.45) is 11.7 Å². The predicted molar refractivity (Wildman–Crippen MR) is 83.4 cm³/mol. The van der Waals surface area contributed by atoms with Crippen LogP contribution in [-0.2, 0) is 11.3 Å². The summed E-state index contributed by atoms with van der Waals surface area (Å²) in [5.74, 6) is -0.237.